The lowest BCUT2D eigenvalue weighted by Crippen LogP contribution is -2.57. The fourth-order valence-electron chi connectivity index (χ4n) is 3.60. The van der Waals surface area contributed by atoms with Crippen molar-refractivity contribution in [3.63, 3.8) is 0 Å². The minimum atomic E-state index is -1.29. The molecule has 4 atom stereocenters. The molecule has 0 bridgehead atoms. The third kappa shape index (κ3) is 13.5. The van der Waals surface area contributed by atoms with E-state index >= 15 is 0 Å². The van der Waals surface area contributed by atoms with Crippen molar-refractivity contribution in [1.29, 1.82) is 0 Å². The van der Waals surface area contributed by atoms with Gasteiger partial charge in [0, 0.05) is 31.3 Å². The number of amides is 4. The van der Waals surface area contributed by atoms with Crippen LogP contribution in [0.5, 0.6) is 0 Å². The van der Waals surface area contributed by atoms with Gasteiger partial charge in [0.2, 0.25) is 23.6 Å². The summed E-state index contributed by atoms with van der Waals surface area (Å²) in [5, 5.41) is 17.2. The third-order valence-corrected chi connectivity index (χ3v) is 5.79. The summed E-state index contributed by atoms with van der Waals surface area (Å²) in [6.45, 7) is 0.524. The number of nitrogens with zero attached hydrogens (tertiary/aromatic N) is 2. The summed E-state index contributed by atoms with van der Waals surface area (Å²) in [6, 6.07) is -4.65. The van der Waals surface area contributed by atoms with Gasteiger partial charge >= 0.3 is 5.97 Å². The van der Waals surface area contributed by atoms with Crippen LogP contribution in [0.4, 0.5) is 0 Å². The first-order chi connectivity index (χ1) is 18.9. The van der Waals surface area contributed by atoms with Crippen LogP contribution in [0.1, 0.15) is 50.6 Å². The minimum absolute atomic E-state index is 0.0272. The number of aliphatic carboxylic acids is 1. The fourth-order valence-corrected chi connectivity index (χ4v) is 3.60. The highest BCUT2D eigenvalue weighted by Crippen LogP contribution is 2.07. The Labute approximate surface area is 231 Å². The van der Waals surface area contributed by atoms with Gasteiger partial charge in [-0.15, -0.1) is 0 Å². The number of rotatable bonds is 20. The molecule has 0 radical (unpaired) electrons. The van der Waals surface area contributed by atoms with Gasteiger partial charge in [-0.3, -0.25) is 24.2 Å². The van der Waals surface area contributed by atoms with E-state index in [2.05, 4.69) is 30.9 Å². The maximum atomic E-state index is 13.3. The monoisotopic (exact) mass is 567 g/mol. The maximum Gasteiger partial charge on any atom is 0.326 e. The van der Waals surface area contributed by atoms with Crippen LogP contribution in [-0.4, -0.2) is 87.9 Å². The SMILES string of the molecule is NCCCCC(NC(=O)C(CCCN=C(N)N)NC(=O)C(N)CCC(N)=O)C(=O)NC(Cc1cnc[nH]1)C(=O)O. The molecular weight excluding hydrogens is 526 g/mol. The van der Waals surface area contributed by atoms with E-state index in [1.54, 1.807) is 0 Å². The molecule has 4 unspecified atom stereocenters. The van der Waals surface area contributed by atoms with Gasteiger partial charge < -0.3 is 54.7 Å². The van der Waals surface area contributed by atoms with E-state index in [-0.39, 0.29) is 44.6 Å². The summed E-state index contributed by atoms with van der Waals surface area (Å²) in [6.07, 6.45) is 4.18. The number of H-pyrrole nitrogens is 1. The number of hydrogen-bond donors (Lipinski definition) is 10. The zero-order valence-electron chi connectivity index (χ0n) is 22.3. The lowest BCUT2D eigenvalue weighted by Gasteiger charge is -2.25. The van der Waals surface area contributed by atoms with E-state index in [0.717, 1.165) is 0 Å². The summed E-state index contributed by atoms with van der Waals surface area (Å²) in [5.74, 6) is -4.16. The molecule has 1 heterocycles. The first-order valence-corrected chi connectivity index (χ1v) is 12.8. The number of carboxylic acids is 1. The van der Waals surface area contributed by atoms with Crippen molar-refractivity contribution < 1.29 is 29.1 Å². The number of carboxylic acid groups (broad SMARTS) is 1. The van der Waals surface area contributed by atoms with Crippen molar-refractivity contribution in [3.8, 4) is 0 Å². The van der Waals surface area contributed by atoms with E-state index in [1.165, 1.54) is 12.5 Å². The molecule has 0 aliphatic rings. The number of aromatic amines is 1. The quantitative estimate of drug-likeness (QED) is 0.0414. The fraction of sp³-hybridized carbons (Fsp3) is 0.609. The van der Waals surface area contributed by atoms with Gasteiger partial charge in [-0.1, -0.05) is 0 Å². The average Bonchev–Trinajstić information content (AvgIpc) is 3.40. The molecule has 0 saturated carbocycles. The van der Waals surface area contributed by atoms with Crippen molar-refractivity contribution >= 4 is 35.6 Å². The Bertz CT molecular complexity index is 997. The predicted molar refractivity (Wildman–Crippen MR) is 145 cm³/mol. The van der Waals surface area contributed by atoms with Gasteiger partial charge in [0.15, 0.2) is 5.96 Å². The number of carbonyl (C=O) groups is 5. The van der Waals surface area contributed by atoms with Gasteiger partial charge in [0.1, 0.15) is 18.1 Å². The molecule has 0 fully saturated rings. The summed E-state index contributed by atoms with van der Waals surface area (Å²) in [4.78, 5) is 72.3. The lowest BCUT2D eigenvalue weighted by atomic mass is 10.0. The second kappa shape index (κ2) is 18.1. The summed E-state index contributed by atoms with van der Waals surface area (Å²) in [7, 11) is 0. The molecule has 0 aliphatic carbocycles. The number of hydrogen-bond acceptors (Lipinski definition) is 9. The number of aliphatic imine (C=N–C) groups is 1. The molecule has 224 valence electrons. The Morgan fingerprint density at radius 2 is 1.50 bits per heavy atom. The Kier molecular flexibility index (Phi) is 15.3. The number of imidazole rings is 1. The van der Waals surface area contributed by atoms with E-state index < -0.39 is 53.8 Å². The smallest absolute Gasteiger partial charge is 0.326 e. The largest absolute Gasteiger partial charge is 0.480 e. The normalized spacial score (nSPS) is 13.8. The van der Waals surface area contributed by atoms with Crippen molar-refractivity contribution in [2.24, 2.45) is 33.7 Å². The molecule has 0 aliphatic heterocycles. The maximum absolute atomic E-state index is 13.3. The zero-order valence-corrected chi connectivity index (χ0v) is 22.3. The number of carbonyl (C=O) groups excluding carboxylic acids is 4. The summed E-state index contributed by atoms with van der Waals surface area (Å²) in [5.41, 5.74) is 27.7. The molecule has 0 aromatic carbocycles. The highest BCUT2D eigenvalue weighted by molar-refractivity contribution is 5.94. The first-order valence-electron chi connectivity index (χ1n) is 12.8. The van der Waals surface area contributed by atoms with Crippen LogP contribution in [-0.2, 0) is 30.4 Å². The van der Waals surface area contributed by atoms with Crippen LogP contribution in [0.3, 0.4) is 0 Å². The third-order valence-electron chi connectivity index (χ3n) is 5.79. The van der Waals surface area contributed by atoms with E-state index in [9.17, 15) is 29.1 Å². The average molecular weight is 568 g/mol. The molecule has 0 spiro atoms. The van der Waals surface area contributed by atoms with Gasteiger partial charge in [0.25, 0.3) is 0 Å². The number of aromatic nitrogens is 2. The van der Waals surface area contributed by atoms with Crippen molar-refractivity contribution in [3.05, 3.63) is 18.2 Å². The Morgan fingerprint density at radius 3 is 2.02 bits per heavy atom. The zero-order chi connectivity index (χ0) is 30.1. The van der Waals surface area contributed by atoms with Crippen LogP contribution in [0, 0.1) is 0 Å². The Morgan fingerprint density at radius 1 is 0.900 bits per heavy atom. The topological polar surface area (TPSA) is 313 Å². The molecule has 15 N–H and O–H groups in total. The summed E-state index contributed by atoms with van der Waals surface area (Å²) >= 11 is 0. The highest BCUT2D eigenvalue weighted by Gasteiger charge is 2.30. The molecule has 1 aromatic rings. The molecule has 1 aromatic heterocycles. The van der Waals surface area contributed by atoms with E-state index in [0.29, 0.717) is 31.5 Å². The van der Waals surface area contributed by atoms with Gasteiger partial charge in [0.05, 0.1) is 12.4 Å². The molecule has 40 heavy (non-hydrogen) atoms. The lowest BCUT2D eigenvalue weighted by molar-refractivity contribution is -0.142. The van der Waals surface area contributed by atoms with E-state index in [1.807, 2.05) is 0 Å². The first kappa shape index (κ1) is 33.8. The van der Waals surface area contributed by atoms with Crippen molar-refractivity contribution in [2.75, 3.05) is 13.1 Å². The molecule has 1 rings (SSSR count). The number of guanidine groups is 1. The van der Waals surface area contributed by atoms with Crippen LogP contribution in [0.15, 0.2) is 17.5 Å². The number of primary amides is 1. The van der Waals surface area contributed by atoms with Gasteiger partial charge in [-0.05, 0) is 45.1 Å². The van der Waals surface area contributed by atoms with Crippen molar-refractivity contribution in [1.82, 2.24) is 25.9 Å². The van der Waals surface area contributed by atoms with Gasteiger partial charge in [-0.25, -0.2) is 9.78 Å². The van der Waals surface area contributed by atoms with Crippen LogP contribution in [0.25, 0.3) is 0 Å². The van der Waals surface area contributed by atoms with Crippen molar-refractivity contribution in [2.45, 2.75) is 75.5 Å². The molecular formula is C23H41N11O6. The number of nitrogens with two attached hydrogens (primary N) is 5. The minimum Gasteiger partial charge on any atom is -0.480 e. The van der Waals surface area contributed by atoms with Gasteiger partial charge in [-0.2, -0.15) is 0 Å². The predicted octanol–water partition coefficient (Wildman–Crippen LogP) is -3.73. The van der Waals surface area contributed by atoms with E-state index in [4.69, 9.17) is 28.7 Å². The molecule has 0 saturated heterocycles. The van der Waals surface area contributed by atoms with Crippen LogP contribution >= 0.6 is 0 Å². The van der Waals surface area contributed by atoms with Crippen LogP contribution < -0.4 is 44.6 Å². The highest BCUT2D eigenvalue weighted by atomic mass is 16.4. The van der Waals surface area contributed by atoms with Crippen LogP contribution in [0.2, 0.25) is 0 Å². The molecule has 4 amide bonds. The second-order valence-corrected chi connectivity index (χ2v) is 9.15. The summed E-state index contributed by atoms with van der Waals surface area (Å²) < 4.78 is 0. The molecule has 17 heteroatoms. The molecule has 17 nitrogen and oxygen atoms in total. The number of nitrogens with one attached hydrogen (secondary N) is 4. The Balaban J connectivity index is 3.02. The standard InChI is InChI=1S/C23H41N11O6/c24-8-2-1-4-15(21(38)34-17(22(39)40)10-13-11-29-12-31-13)33-20(37)16(5-3-9-30-23(27)28)32-19(36)14(25)6-7-18(26)35/h11-12,14-17H,1-10,24-25H2,(H2,26,35)(H,29,31)(H,32,36)(H,33,37)(H,34,38)(H,39,40)(H4,27,28,30). The second-order valence-electron chi connectivity index (χ2n) is 9.15. The Hall–Kier alpha value is -4.25. The number of unbranched alkanes of at least 4 members (excludes halogenated alkanes) is 1.